The van der Waals surface area contributed by atoms with E-state index in [1.807, 2.05) is 69.3 Å². The lowest BCUT2D eigenvalue weighted by Crippen LogP contribution is -2.40. The standard InChI is InChI=1S/C19H28BCl2N2O4.C15H20BN2O6.C15H22BN2O4.C14H20Cl2N2O3.C9H16BINO3.C6H5NO3.C2H3ClO/c1-19(2,3)28-18(26)12-15(23-20-14-25)13-27-17-6-4-16(5-7-17)24(10-8-21)11-9-22;1-15(2,3)24-14(20)8-11(17-16-10-19)9-23-13-6-4-12(5-7-13)18(21)22;1-15(2,3)22-14(20)8-12(18-16-10-19)9-21-13-6-4-11(17)5-7-13;15-5-7-18(8-6-16)12-1-3-13(4-2-12)21-10-11(17)9-14(19)20;1-9(2,3)15-8(14)4-7(5-11)12-10-6-13;8-6-3-1-5(2-4-6)7(9)10;3-1-2-4/h4-7,14-15,23H,8-13H2,1-3H3;4-7,10-11,17H,8-9H2,1-3H3;4-7,10,12,18H,8-9,17H2,1-3H3;1-4,11H,5-10,17H2,(H,19,20);6-7,12H,4-5H2,1-3H3;1-4,8H;2H,1H2/t15-;11-;12-;11-;7-;;/m11111../s1. The maximum absolute atomic E-state index is 12.0. The van der Waals surface area contributed by atoms with Gasteiger partial charge in [-0.25, -0.2) is 0 Å². The highest BCUT2D eigenvalue weighted by Gasteiger charge is 2.26. The first-order chi connectivity index (χ1) is 58.4. The number of benzene rings is 5. The predicted molar refractivity (Wildman–Crippen MR) is 496 cm³/mol. The molecule has 0 saturated carbocycles. The Morgan fingerprint density at radius 1 is 0.444 bits per heavy atom. The minimum absolute atomic E-state index is 0.00852. The van der Waals surface area contributed by atoms with E-state index in [2.05, 4.69) is 53.3 Å². The number of aldehydes is 1. The van der Waals surface area contributed by atoms with Crippen molar-refractivity contribution in [2.45, 2.75) is 168 Å². The quantitative estimate of drug-likeness (QED) is 0.00206. The number of alkyl halides is 6. The molecule has 0 saturated heterocycles. The molecule has 0 aromatic heterocycles. The summed E-state index contributed by atoms with van der Waals surface area (Å²) in [6.45, 7) is 25.1. The summed E-state index contributed by atoms with van der Waals surface area (Å²) in [5.41, 5.74) is 11.7. The Morgan fingerprint density at radius 3 is 0.935 bits per heavy atom. The van der Waals surface area contributed by atoms with E-state index in [0.29, 0.717) is 96.3 Å². The van der Waals surface area contributed by atoms with Crippen LogP contribution in [0.1, 0.15) is 115 Å². The number of carboxylic acid groups (broad SMARTS) is 1. The van der Waals surface area contributed by atoms with E-state index in [0.717, 1.165) is 28.9 Å². The second-order valence-electron chi connectivity index (χ2n) is 29.7. The number of phenols is 1. The molecule has 0 aliphatic carbocycles. The highest BCUT2D eigenvalue weighted by atomic mass is 127. The van der Waals surface area contributed by atoms with Crippen LogP contribution < -0.4 is 61.1 Å². The highest BCUT2D eigenvalue weighted by molar-refractivity contribution is 14.1. The number of hydrogen-bond acceptors (Lipinski definition) is 31. The minimum atomic E-state index is -0.931. The molecule has 4 radical (unpaired) electrons. The molecule has 10 N–H and O–H groups in total. The number of esters is 4. The average Bonchev–Trinajstić information content (AvgIpc) is 0.859. The molecule has 0 unspecified atom stereocenters. The van der Waals surface area contributed by atoms with Crippen molar-refractivity contribution in [2.75, 3.05) is 102 Å². The number of non-ortho nitro benzene ring substituents is 2. The second-order valence-corrected chi connectivity index (χ2v) is 32.4. The van der Waals surface area contributed by atoms with Crippen molar-refractivity contribution < 1.29 is 106 Å². The van der Waals surface area contributed by atoms with Crippen LogP contribution in [0, 0.1) is 20.2 Å². The number of nitrogens with one attached hydrogen (secondary N) is 4. The number of ether oxygens (including phenoxy) is 8. The van der Waals surface area contributed by atoms with Crippen LogP contribution in [0.4, 0.5) is 28.4 Å². The molecule has 0 amide bonds. The van der Waals surface area contributed by atoms with Gasteiger partial charge in [0.05, 0.1) is 72.6 Å². The van der Waals surface area contributed by atoms with Gasteiger partial charge in [0, 0.05) is 126 Å². The number of halogens is 6. The van der Waals surface area contributed by atoms with Crippen molar-refractivity contribution in [3.05, 3.63) is 142 Å². The van der Waals surface area contributed by atoms with Gasteiger partial charge in [-0.15, -0.1) is 58.0 Å². The van der Waals surface area contributed by atoms with Crippen LogP contribution in [-0.4, -0.2) is 250 Å². The largest absolute Gasteiger partial charge is 0.508 e. The number of nitrogens with two attached hydrogens (primary N) is 2. The molecular weight excluding hydrogens is 1830 g/mol. The van der Waals surface area contributed by atoms with Crippen LogP contribution in [0.25, 0.3) is 0 Å². The van der Waals surface area contributed by atoms with Gasteiger partial charge in [-0.05, 0) is 180 Å². The summed E-state index contributed by atoms with van der Waals surface area (Å²) < 4.78 is 44.1. The van der Waals surface area contributed by atoms with E-state index in [-0.39, 0.29) is 118 Å². The van der Waals surface area contributed by atoms with Gasteiger partial charge in [-0.2, -0.15) is 0 Å². The van der Waals surface area contributed by atoms with Crippen LogP contribution in [0.2, 0.25) is 0 Å². The van der Waals surface area contributed by atoms with E-state index in [9.17, 15) is 63.4 Å². The van der Waals surface area contributed by atoms with Crippen molar-refractivity contribution in [1.82, 2.24) is 20.9 Å². The lowest BCUT2D eigenvalue weighted by molar-refractivity contribution is -0.385. The zero-order chi connectivity index (χ0) is 94.3. The van der Waals surface area contributed by atoms with Gasteiger partial charge in [0.1, 0.15) is 83.9 Å². The molecule has 0 spiro atoms. The van der Waals surface area contributed by atoms with E-state index in [1.165, 1.54) is 78.2 Å². The number of carbonyl (C=O) groups is 10. The molecule has 44 heteroatoms. The monoisotopic (exact) mass is 1940 g/mol. The number of aliphatic carboxylic acids is 1. The minimum Gasteiger partial charge on any atom is -0.508 e. The van der Waals surface area contributed by atoms with Gasteiger partial charge in [-0.3, -0.25) is 44.2 Å². The smallest absolute Gasteiger partial charge is 0.307 e. The SMILES string of the molecule is CC(C)(C)OC(=O)C[C@H](CI)N[B]C=O.CC(C)(C)OC(=O)C[C@H](COc1ccc(N(CCCl)CCCl)cc1)N[B]C=O.CC(C)(C)OC(=O)C[C@H](COc1ccc(N)cc1)N[B]C=O.CC(C)(C)OC(=O)C[C@H](COc1ccc([N+](=O)[O-])cc1)N[B]C=O.N[C@@H](COc1ccc(N(CCCl)CCCl)cc1)CC(=O)O.O=CCCl.O=[N+]([O-])c1ccc(O)cc1. The summed E-state index contributed by atoms with van der Waals surface area (Å²) in [6, 6.07) is 30.8. The second kappa shape index (κ2) is 67.6. The normalized spacial score (nSPS) is 11.8. The van der Waals surface area contributed by atoms with Crippen LogP contribution in [0.15, 0.2) is 121 Å². The molecule has 5 rings (SSSR count). The number of carboxylic acids is 1. The van der Waals surface area contributed by atoms with E-state index in [1.54, 1.807) is 86.6 Å². The van der Waals surface area contributed by atoms with Crippen LogP contribution >= 0.6 is 80.6 Å². The molecular formula is C80H114B4Cl5IN10O24. The Kier molecular flexibility index (Phi) is 63.9. The number of phenolic OH excluding ortho intramolecular Hbond substituents is 1. The fourth-order valence-electron chi connectivity index (χ4n) is 9.23. The summed E-state index contributed by atoms with van der Waals surface area (Å²) in [4.78, 5) is 132. The highest BCUT2D eigenvalue weighted by Crippen LogP contribution is 2.24. The fraction of sp³-hybridized carbons (Fsp3) is 0.500. The summed E-state index contributed by atoms with van der Waals surface area (Å²) in [6.07, 6.45) is 3.44. The summed E-state index contributed by atoms with van der Waals surface area (Å²) in [5, 5.41) is 49.2. The lowest BCUT2D eigenvalue weighted by Gasteiger charge is -2.24. The third-order valence-corrected chi connectivity index (χ3v) is 16.1. The average molecular weight is 1950 g/mol. The van der Waals surface area contributed by atoms with Gasteiger partial charge in [0.25, 0.3) is 41.0 Å². The Morgan fingerprint density at radius 2 is 0.694 bits per heavy atom. The lowest BCUT2D eigenvalue weighted by atomic mass is 9.96. The van der Waals surface area contributed by atoms with Gasteiger partial charge in [0.15, 0.2) is 0 Å². The maximum atomic E-state index is 12.0. The van der Waals surface area contributed by atoms with Crippen molar-refractivity contribution in [3.8, 4) is 28.7 Å². The molecule has 0 aliphatic rings. The number of carbonyl (C=O) groups excluding carboxylic acids is 9. The van der Waals surface area contributed by atoms with E-state index < -0.39 is 56.3 Å². The molecule has 124 heavy (non-hydrogen) atoms. The number of aromatic hydroxyl groups is 1. The first-order valence-corrected chi connectivity index (χ1v) is 42.6. The molecule has 0 bridgehead atoms. The molecule has 34 nitrogen and oxygen atoms in total. The van der Waals surface area contributed by atoms with Gasteiger partial charge in [-0.1, -0.05) is 22.6 Å². The maximum Gasteiger partial charge on any atom is 0.307 e. The van der Waals surface area contributed by atoms with Gasteiger partial charge < -0.3 is 114 Å². The third-order valence-electron chi connectivity index (χ3n) is 14.2. The zero-order valence-electron chi connectivity index (χ0n) is 71.7. The predicted octanol–water partition coefficient (Wildman–Crippen LogP) is 10.3. The van der Waals surface area contributed by atoms with Crippen molar-refractivity contribution in [2.24, 2.45) is 5.73 Å². The van der Waals surface area contributed by atoms with Crippen molar-refractivity contribution >= 4 is 200 Å². The Balaban J connectivity index is 0. The first-order valence-electron chi connectivity index (χ1n) is 38.4. The van der Waals surface area contributed by atoms with Crippen LogP contribution in [-0.2, 0) is 66.9 Å². The van der Waals surface area contributed by atoms with Crippen molar-refractivity contribution in [1.29, 1.82) is 0 Å². The van der Waals surface area contributed by atoms with Crippen LogP contribution in [0.3, 0.4) is 0 Å². The number of anilines is 3. The van der Waals surface area contributed by atoms with Crippen molar-refractivity contribution in [3.63, 3.8) is 0 Å². The number of rotatable bonds is 48. The number of nitrogens with zero attached hydrogens (tertiary/aromatic N) is 4. The Labute approximate surface area is 767 Å². The van der Waals surface area contributed by atoms with E-state index >= 15 is 0 Å². The molecule has 0 fully saturated rings. The molecule has 5 aromatic rings. The number of nitro groups is 2. The van der Waals surface area contributed by atoms with Gasteiger partial charge in [0.2, 0.25) is 0 Å². The van der Waals surface area contributed by atoms with Gasteiger partial charge >= 0.3 is 29.8 Å². The Hall–Kier alpha value is -8.76. The first kappa shape index (κ1) is 117. The summed E-state index contributed by atoms with van der Waals surface area (Å²) in [5.74, 6) is 2.26. The number of hydrogen-bond donors (Lipinski definition) is 8. The Bertz CT molecular complexity index is 3840. The fourth-order valence-corrected chi connectivity index (χ4v) is 10.6. The number of nitro benzene ring substituents is 2. The zero-order valence-corrected chi connectivity index (χ0v) is 77.6. The third kappa shape index (κ3) is 64.9. The molecule has 0 heterocycles. The van der Waals surface area contributed by atoms with Crippen LogP contribution in [0.5, 0.6) is 28.7 Å². The molecule has 682 valence electrons. The molecule has 5 atom stereocenters. The van der Waals surface area contributed by atoms with E-state index in [4.69, 9.17) is 122 Å². The number of nitrogen functional groups attached to an aromatic ring is 1. The topological polar surface area (TPSA) is 478 Å². The summed E-state index contributed by atoms with van der Waals surface area (Å²) in [7, 11) is 4.96. The summed E-state index contributed by atoms with van der Waals surface area (Å²) >= 11 is 30.2. The molecule has 0 aliphatic heterocycles. The molecule has 5 aromatic carbocycles.